The molecule has 5 heteroatoms. The highest BCUT2D eigenvalue weighted by Gasteiger charge is 2.47. The first-order valence-corrected chi connectivity index (χ1v) is 6.16. The first kappa shape index (κ1) is 14.1. The average molecular weight is 276 g/mol. The van der Waals surface area contributed by atoms with E-state index < -0.39 is 17.5 Å². The van der Waals surface area contributed by atoms with Crippen molar-refractivity contribution >= 4 is 11.8 Å². The van der Waals surface area contributed by atoms with Gasteiger partial charge in [-0.3, -0.25) is 9.59 Å². The summed E-state index contributed by atoms with van der Waals surface area (Å²) in [4.78, 5) is 24.2. The van der Waals surface area contributed by atoms with E-state index in [0.717, 1.165) is 0 Å². The van der Waals surface area contributed by atoms with Crippen molar-refractivity contribution in [3.63, 3.8) is 0 Å². The number of aliphatic hydroxyl groups is 1. The Hall–Kier alpha value is -2.30. The van der Waals surface area contributed by atoms with E-state index in [1.807, 2.05) is 0 Å². The Kier molecular flexibility index (Phi) is 3.53. The number of fused-ring (bicyclic) bond motifs is 1. The SMILES string of the molecule is COC(=O)C(C)(C)C1Oc2ccccc2C(=O)/C1=C/O. The van der Waals surface area contributed by atoms with Gasteiger partial charge in [0, 0.05) is 0 Å². The summed E-state index contributed by atoms with van der Waals surface area (Å²) in [6.45, 7) is 3.21. The van der Waals surface area contributed by atoms with Gasteiger partial charge in [-0.05, 0) is 26.0 Å². The lowest BCUT2D eigenvalue weighted by Crippen LogP contribution is -2.46. The van der Waals surface area contributed by atoms with Crippen LogP contribution < -0.4 is 4.74 Å². The highest BCUT2D eigenvalue weighted by molar-refractivity contribution is 6.12. The van der Waals surface area contributed by atoms with Crippen LogP contribution in [0.5, 0.6) is 5.75 Å². The molecule has 1 N–H and O–H groups in total. The minimum Gasteiger partial charge on any atom is -0.515 e. The molecule has 106 valence electrons. The maximum atomic E-state index is 12.4. The lowest BCUT2D eigenvalue weighted by Gasteiger charge is -2.36. The molecule has 1 aliphatic rings. The monoisotopic (exact) mass is 276 g/mol. The molecule has 1 aromatic rings. The fourth-order valence-electron chi connectivity index (χ4n) is 2.25. The molecule has 1 unspecified atom stereocenters. The number of hydrogen-bond acceptors (Lipinski definition) is 5. The van der Waals surface area contributed by atoms with E-state index in [1.54, 1.807) is 38.1 Å². The molecular weight excluding hydrogens is 260 g/mol. The highest BCUT2D eigenvalue weighted by Crippen LogP contribution is 2.38. The number of benzene rings is 1. The smallest absolute Gasteiger partial charge is 0.315 e. The van der Waals surface area contributed by atoms with Gasteiger partial charge in [0.25, 0.3) is 0 Å². The topological polar surface area (TPSA) is 72.8 Å². The number of ketones is 1. The summed E-state index contributed by atoms with van der Waals surface area (Å²) >= 11 is 0. The molecular formula is C15H16O5. The number of Topliss-reactive ketones (excluding diaryl/α,β-unsaturated/α-hetero) is 1. The van der Waals surface area contributed by atoms with E-state index in [4.69, 9.17) is 9.47 Å². The third-order valence-electron chi connectivity index (χ3n) is 3.43. The molecule has 0 amide bonds. The molecule has 1 atom stereocenters. The third-order valence-corrected chi connectivity index (χ3v) is 3.43. The maximum absolute atomic E-state index is 12.4. The van der Waals surface area contributed by atoms with E-state index in [2.05, 4.69) is 0 Å². The highest BCUT2D eigenvalue weighted by atomic mass is 16.5. The molecule has 0 aromatic heterocycles. The number of aliphatic hydroxyl groups excluding tert-OH is 1. The summed E-state index contributed by atoms with van der Waals surface area (Å²) in [6.07, 6.45) is -0.199. The van der Waals surface area contributed by atoms with Gasteiger partial charge in [-0.25, -0.2) is 0 Å². The second-order valence-electron chi connectivity index (χ2n) is 5.12. The standard InChI is InChI=1S/C15H16O5/c1-15(2,14(18)19-3)13-10(8-16)12(17)9-6-4-5-7-11(9)20-13/h4-8,13,16H,1-3H3/b10-8-. The van der Waals surface area contributed by atoms with Crippen molar-refractivity contribution in [2.24, 2.45) is 5.41 Å². The Morgan fingerprint density at radius 1 is 1.40 bits per heavy atom. The van der Waals surface area contributed by atoms with Crippen LogP contribution in [0.3, 0.4) is 0 Å². The van der Waals surface area contributed by atoms with E-state index in [0.29, 0.717) is 17.6 Å². The van der Waals surface area contributed by atoms with Crippen LogP contribution in [-0.2, 0) is 9.53 Å². The molecule has 1 heterocycles. The molecule has 5 nitrogen and oxygen atoms in total. The van der Waals surface area contributed by atoms with Crippen LogP contribution in [0, 0.1) is 5.41 Å². The Morgan fingerprint density at radius 3 is 2.65 bits per heavy atom. The molecule has 0 saturated heterocycles. The first-order chi connectivity index (χ1) is 9.43. The van der Waals surface area contributed by atoms with Gasteiger partial charge in [-0.1, -0.05) is 12.1 Å². The third kappa shape index (κ3) is 2.05. The zero-order valence-electron chi connectivity index (χ0n) is 11.5. The fourth-order valence-corrected chi connectivity index (χ4v) is 2.25. The van der Waals surface area contributed by atoms with Crippen molar-refractivity contribution in [1.29, 1.82) is 0 Å². The van der Waals surface area contributed by atoms with Crippen LogP contribution in [0.2, 0.25) is 0 Å². The quantitative estimate of drug-likeness (QED) is 0.509. The van der Waals surface area contributed by atoms with Crippen LogP contribution in [0.15, 0.2) is 36.1 Å². The summed E-state index contributed by atoms with van der Waals surface area (Å²) in [5.41, 5.74) is -0.698. The molecule has 1 aromatic carbocycles. The normalized spacial score (nSPS) is 20.2. The van der Waals surface area contributed by atoms with Crippen molar-refractivity contribution in [2.75, 3.05) is 7.11 Å². The predicted molar refractivity (Wildman–Crippen MR) is 71.7 cm³/mol. The molecule has 20 heavy (non-hydrogen) atoms. The zero-order valence-corrected chi connectivity index (χ0v) is 11.5. The van der Waals surface area contributed by atoms with Crippen molar-refractivity contribution in [3.05, 3.63) is 41.7 Å². The number of para-hydroxylation sites is 1. The number of carbonyl (C=O) groups excluding carboxylic acids is 2. The first-order valence-electron chi connectivity index (χ1n) is 6.16. The minimum atomic E-state index is -1.10. The predicted octanol–water partition coefficient (Wildman–Crippen LogP) is 2.27. The summed E-state index contributed by atoms with van der Waals surface area (Å²) < 4.78 is 10.5. The number of esters is 1. The van der Waals surface area contributed by atoms with E-state index in [1.165, 1.54) is 7.11 Å². The van der Waals surface area contributed by atoms with E-state index >= 15 is 0 Å². The molecule has 0 aliphatic carbocycles. The second-order valence-corrected chi connectivity index (χ2v) is 5.12. The number of carbonyl (C=O) groups is 2. The van der Waals surface area contributed by atoms with Gasteiger partial charge < -0.3 is 14.6 Å². The molecule has 0 bridgehead atoms. The molecule has 0 fully saturated rings. The van der Waals surface area contributed by atoms with Crippen LogP contribution in [0.4, 0.5) is 0 Å². The van der Waals surface area contributed by atoms with E-state index in [9.17, 15) is 14.7 Å². The van der Waals surface area contributed by atoms with Gasteiger partial charge in [0.1, 0.15) is 17.3 Å². The molecule has 0 radical (unpaired) electrons. The maximum Gasteiger partial charge on any atom is 0.315 e. The summed E-state index contributed by atoms with van der Waals surface area (Å²) in [5.74, 6) is -0.476. The van der Waals surface area contributed by atoms with Crippen molar-refractivity contribution in [3.8, 4) is 5.75 Å². The molecule has 0 saturated carbocycles. The fraction of sp³-hybridized carbons (Fsp3) is 0.333. The van der Waals surface area contributed by atoms with Gasteiger partial charge in [0.15, 0.2) is 5.78 Å². The largest absolute Gasteiger partial charge is 0.515 e. The molecule has 1 aliphatic heterocycles. The van der Waals surface area contributed by atoms with Crippen LogP contribution >= 0.6 is 0 Å². The number of methoxy groups -OCH3 is 1. The summed E-state index contributed by atoms with van der Waals surface area (Å²) in [6, 6.07) is 6.72. The average Bonchev–Trinajstić information content (AvgIpc) is 2.46. The Morgan fingerprint density at radius 2 is 2.05 bits per heavy atom. The summed E-state index contributed by atoms with van der Waals surface area (Å²) in [7, 11) is 1.27. The number of hydrogen-bond donors (Lipinski definition) is 1. The van der Waals surface area contributed by atoms with Gasteiger partial charge in [-0.15, -0.1) is 0 Å². The van der Waals surface area contributed by atoms with E-state index in [-0.39, 0.29) is 11.4 Å². The van der Waals surface area contributed by atoms with Gasteiger partial charge >= 0.3 is 5.97 Å². The van der Waals surface area contributed by atoms with Crippen molar-refractivity contribution in [2.45, 2.75) is 20.0 Å². The van der Waals surface area contributed by atoms with Gasteiger partial charge in [0.2, 0.25) is 0 Å². The van der Waals surface area contributed by atoms with Crippen molar-refractivity contribution in [1.82, 2.24) is 0 Å². The Labute approximate surface area is 116 Å². The summed E-state index contributed by atoms with van der Waals surface area (Å²) in [5, 5.41) is 9.36. The second kappa shape index (κ2) is 5.00. The number of rotatable bonds is 2. The van der Waals surface area contributed by atoms with Gasteiger partial charge in [-0.2, -0.15) is 0 Å². The van der Waals surface area contributed by atoms with Crippen LogP contribution in [0.1, 0.15) is 24.2 Å². The zero-order chi connectivity index (χ0) is 14.9. The molecule has 2 rings (SSSR count). The lowest BCUT2D eigenvalue weighted by atomic mass is 9.79. The molecule has 0 spiro atoms. The number of ether oxygens (including phenoxy) is 2. The lowest BCUT2D eigenvalue weighted by molar-refractivity contribution is -0.155. The van der Waals surface area contributed by atoms with Gasteiger partial charge in [0.05, 0.1) is 24.5 Å². The van der Waals surface area contributed by atoms with Crippen LogP contribution in [0.25, 0.3) is 0 Å². The Balaban J connectivity index is 2.51. The van der Waals surface area contributed by atoms with Crippen LogP contribution in [-0.4, -0.2) is 30.1 Å². The van der Waals surface area contributed by atoms with Crippen molar-refractivity contribution < 1.29 is 24.2 Å². The minimum absolute atomic E-state index is 0.0408. The Bertz CT molecular complexity index is 586.